The average Bonchev–Trinajstić information content (AvgIpc) is 3.27. The van der Waals surface area contributed by atoms with Crippen LogP contribution in [0.15, 0.2) is 54.4 Å². The number of rotatable bonds is 13. The molecular formula is C28H42N3O9P. The van der Waals surface area contributed by atoms with Gasteiger partial charge in [0.15, 0.2) is 5.79 Å². The van der Waals surface area contributed by atoms with E-state index in [1.165, 1.54) is 20.8 Å². The number of carbonyl (C=O) groups is 2. The van der Waals surface area contributed by atoms with E-state index in [4.69, 9.17) is 29.0 Å². The van der Waals surface area contributed by atoms with Crippen LogP contribution in [0.25, 0.3) is 0 Å². The topological polar surface area (TPSA) is 159 Å². The van der Waals surface area contributed by atoms with Gasteiger partial charge >= 0.3 is 13.7 Å². The van der Waals surface area contributed by atoms with Crippen LogP contribution in [0.4, 0.5) is 0 Å². The van der Waals surface area contributed by atoms with Gasteiger partial charge in [-0.25, -0.2) is 4.57 Å². The second-order valence-corrected chi connectivity index (χ2v) is 13.4. The summed E-state index contributed by atoms with van der Waals surface area (Å²) in [5.74, 6) is -2.40. The number of esters is 1. The van der Waals surface area contributed by atoms with Gasteiger partial charge in [0.05, 0.1) is 19.3 Å². The summed E-state index contributed by atoms with van der Waals surface area (Å²) in [4.78, 5) is 26.0. The van der Waals surface area contributed by atoms with Crippen LogP contribution < -0.4 is 15.3 Å². The molecule has 0 radical (unpaired) electrons. The number of hydrogen-bond acceptors (Lipinski definition) is 10. The van der Waals surface area contributed by atoms with Crippen molar-refractivity contribution in [2.24, 2.45) is 11.1 Å². The molecule has 2 aliphatic rings. The predicted molar refractivity (Wildman–Crippen MR) is 151 cm³/mol. The molecule has 1 saturated heterocycles. The van der Waals surface area contributed by atoms with Gasteiger partial charge in [-0.3, -0.25) is 14.1 Å². The highest BCUT2D eigenvalue weighted by atomic mass is 31.2. The van der Waals surface area contributed by atoms with E-state index in [9.17, 15) is 19.3 Å². The minimum Gasteiger partial charge on any atom is -0.464 e. The molecule has 0 aromatic heterocycles. The minimum absolute atomic E-state index is 0.173. The van der Waals surface area contributed by atoms with Gasteiger partial charge < -0.3 is 34.5 Å². The average molecular weight is 596 g/mol. The van der Waals surface area contributed by atoms with Gasteiger partial charge in [0, 0.05) is 24.4 Å². The first-order chi connectivity index (χ1) is 19.0. The molecule has 41 heavy (non-hydrogen) atoms. The van der Waals surface area contributed by atoms with Crippen molar-refractivity contribution in [3.8, 4) is 5.75 Å². The number of aliphatic hydroxyl groups is 1. The first-order valence-corrected chi connectivity index (χ1v) is 15.0. The van der Waals surface area contributed by atoms with Crippen LogP contribution in [0.1, 0.15) is 54.4 Å². The highest BCUT2D eigenvalue weighted by molar-refractivity contribution is 7.52. The molecule has 1 amide bonds. The van der Waals surface area contributed by atoms with Gasteiger partial charge in [0.1, 0.15) is 24.1 Å². The molecule has 1 aromatic rings. The number of nitrogens with one attached hydrogen (secondary N) is 1. The lowest BCUT2D eigenvalue weighted by Gasteiger charge is -2.28. The number of hydrogen-bond donors (Lipinski definition) is 3. The summed E-state index contributed by atoms with van der Waals surface area (Å²) < 4.78 is 42.9. The van der Waals surface area contributed by atoms with Crippen molar-refractivity contribution < 1.29 is 42.5 Å². The Morgan fingerprint density at radius 1 is 1.22 bits per heavy atom. The van der Waals surface area contributed by atoms with Crippen LogP contribution in [-0.4, -0.2) is 65.4 Å². The van der Waals surface area contributed by atoms with E-state index in [0.29, 0.717) is 12.0 Å². The highest BCUT2D eigenvalue weighted by Crippen LogP contribution is 2.46. The molecule has 0 aliphatic carbocycles. The van der Waals surface area contributed by atoms with E-state index in [0.717, 1.165) is 0 Å². The van der Waals surface area contributed by atoms with Crippen molar-refractivity contribution in [2.75, 3.05) is 13.2 Å². The van der Waals surface area contributed by atoms with Crippen LogP contribution in [-0.2, 0) is 32.9 Å². The Morgan fingerprint density at radius 3 is 2.51 bits per heavy atom. The maximum absolute atomic E-state index is 14.0. The van der Waals surface area contributed by atoms with E-state index >= 15 is 0 Å². The Kier molecular flexibility index (Phi) is 10.8. The number of primary amides is 1. The maximum Gasteiger partial charge on any atom is 0.459 e. The van der Waals surface area contributed by atoms with Crippen LogP contribution in [0.2, 0.25) is 0 Å². The number of ether oxygens (including phenoxy) is 3. The first kappa shape index (κ1) is 32.8. The largest absolute Gasteiger partial charge is 0.464 e. The Hall–Kier alpha value is -2.73. The van der Waals surface area contributed by atoms with E-state index < -0.39 is 49.9 Å². The molecule has 12 nitrogen and oxygen atoms in total. The number of carbonyl (C=O) groups excluding carboxylic acids is 2. The number of allylic oxidation sites excluding steroid dienone is 1. The zero-order valence-electron chi connectivity index (χ0n) is 24.4. The van der Waals surface area contributed by atoms with Crippen molar-refractivity contribution in [1.82, 2.24) is 9.99 Å². The molecule has 1 aromatic carbocycles. The molecule has 228 valence electrons. The maximum atomic E-state index is 14.0. The van der Waals surface area contributed by atoms with Crippen LogP contribution in [0.5, 0.6) is 5.75 Å². The molecule has 2 heterocycles. The third-order valence-corrected chi connectivity index (χ3v) is 7.56. The molecular weight excluding hydrogens is 553 g/mol. The standard InChI is InChI=1S/C28H42N3O9P/c1-19(26(33)36-18-27(2,3)4)30-41(35,40-21-12-8-7-9-13-21)37-17-23-22(39-28(5,6)34)15-24(38-23)31-14-10-11-20(16-31)25(29)32/h7-10,12-14,16,19,22-24,34H,11,15,17-18H2,1-6H3,(H2,29,32)(H,30,35)/t19?,22-,23?,24+,41?/m0/s1. The van der Waals surface area contributed by atoms with Gasteiger partial charge in [-0.2, -0.15) is 5.09 Å². The third-order valence-electron chi connectivity index (χ3n) is 5.92. The van der Waals surface area contributed by atoms with Gasteiger partial charge in [0.25, 0.3) is 0 Å². The normalized spacial score (nSPS) is 23.4. The number of amides is 1. The van der Waals surface area contributed by atoms with E-state index in [1.54, 1.807) is 53.7 Å². The fourth-order valence-electron chi connectivity index (χ4n) is 4.03. The van der Waals surface area contributed by atoms with Crippen molar-refractivity contribution in [3.05, 3.63) is 54.4 Å². The lowest BCUT2D eigenvalue weighted by Crippen LogP contribution is -2.39. The zero-order valence-corrected chi connectivity index (χ0v) is 25.3. The zero-order chi connectivity index (χ0) is 30.4. The third kappa shape index (κ3) is 10.6. The molecule has 1 fully saturated rings. The molecule has 0 bridgehead atoms. The molecule has 3 unspecified atom stereocenters. The van der Waals surface area contributed by atoms with Crippen molar-refractivity contribution in [3.63, 3.8) is 0 Å². The monoisotopic (exact) mass is 595 g/mol. The summed E-state index contributed by atoms with van der Waals surface area (Å²) in [6.45, 7) is 10.2. The minimum atomic E-state index is -4.17. The van der Waals surface area contributed by atoms with E-state index in [2.05, 4.69) is 5.09 Å². The van der Waals surface area contributed by atoms with E-state index in [1.807, 2.05) is 20.8 Å². The van der Waals surface area contributed by atoms with Crippen molar-refractivity contribution in [1.29, 1.82) is 0 Å². The Morgan fingerprint density at radius 2 is 1.90 bits per heavy atom. The quantitative estimate of drug-likeness (QED) is 0.174. The summed E-state index contributed by atoms with van der Waals surface area (Å²) in [5, 5.41) is 13.0. The Bertz CT molecular complexity index is 1160. The van der Waals surface area contributed by atoms with Gasteiger partial charge in [0.2, 0.25) is 5.91 Å². The molecule has 2 aliphatic heterocycles. The smallest absolute Gasteiger partial charge is 0.459 e. The van der Waals surface area contributed by atoms with Crippen LogP contribution in [0, 0.1) is 5.41 Å². The second kappa shape index (κ2) is 13.5. The van der Waals surface area contributed by atoms with Crippen molar-refractivity contribution in [2.45, 2.75) is 84.6 Å². The SMILES string of the molecule is CC(NP(=O)(OCC1O[C@@H](N2C=CCC(C(N)=O)=C2)C[C@@H]1OC(C)(C)O)Oc1ccccc1)C(=O)OCC(C)(C)C. The van der Waals surface area contributed by atoms with Crippen LogP contribution in [0.3, 0.4) is 0 Å². The molecule has 0 spiro atoms. The molecule has 3 rings (SSSR count). The van der Waals surface area contributed by atoms with Crippen molar-refractivity contribution >= 4 is 19.6 Å². The Balaban J connectivity index is 1.77. The lowest BCUT2D eigenvalue weighted by molar-refractivity contribution is -0.216. The van der Waals surface area contributed by atoms with Gasteiger partial charge in [-0.05, 0) is 44.7 Å². The molecule has 4 N–H and O–H groups in total. The first-order valence-electron chi connectivity index (χ1n) is 13.5. The van der Waals surface area contributed by atoms with Gasteiger partial charge in [-0.15, -0.1) is 0 Å². The summed E-state index contributed by atoms with van der Waals surface area (Å²) in [6, 6.07) is 7.37. The molecule has 0 saturated carbocycles. The van der Waals surface area contributed by atoms with Crippen LogP contribution >= 0.6 is 7.75 Å². The predicted octanol–water partition coefficient (Wildman–Crippen LogP) is 3.57. The highest BCUT2D eigenvalue weighted by Gasteiger charge is 2.43. The molecule has 13 heteroatoms. The summed E-state index contributed by atoms with van der Waals surface area (Å²) in [6.07, 6.45) is 3.77. The second-order valence-electron chi connectivity index (χ2n) is 11.7. The summed E-state index contributed by atoms with van der Waals surface area (Å²) in [7, 11) is -4.17. The number of para-hydroxylation sites is 1. The number of benzene rings is 1. The fraction of sp³-hybridized carbons (Fsp3) is 0.571. The number of nitrogens with two attached hydrogens (primary N) is 1. The van der Waals surface area contributed by atoms with E-state index in [-0.39, 0.29) is 30.8 Å². The number of nitrogens with zero attached hydrogens (tertiary/aromatic N) is 1. The Labute approximate surface area is 241 Å². The lowest BCUT2D eigenvalue weighted by atomic mass is 9.99. The summed E-state index contributed by atoms with van der Waals surface area (Å²) >= 11 is 0. The summed E-state index contributed by atoms with van der Waals surface area (Å²) in [5.41, 5.74) is 5.61. The molecule has 5 atom stereocenters. The fourth-order valence-corrected chi connectivity index (χ4v) is 5.54. The van der Waals surface area contributed by atoms with Gasteiger partial charge in [-0.1, -0.05) is 45.0 Å².